The van der Waals surface area contributed by atoms with E-state index in [2.05, 4.69) is 36.3 Å². The van der Waals surface area contributed by atoms with Gasteiger partial charge in [-0.15, -0.1) is 0 Å². The second-order valence-corrected chi connectivity index (χ2v) is 6.05. The molecule has 2 aromatic heterocycles. The Morgan fingerprint density at radius 2 is 2.04 bits per heavy atom. The minimum absolute atomic E-state index is 0.271. The first-order valence-corrected chi connectivity index (χ1v) is 7.86. The van der Waals surface area contributed by atoms with Crippen LogP contribution >= 0.6 is 15.9 Å². The fourth-order valence-electron chi connectivity index (χ4n) is 2.27. The van der Waals surface area contributed by atoms with Crippen LogP contribution in [0.5, 0.6) is 0 Å². The maximum absolute atomic E-state index is 13.3. The molecule has 0 spiro atoms. The Labute approximate surface area is 141 Å². The summed E-state index contributed by atoms with van der Waals surface area (Å²) in [5.41, 5.74) is 2.72. The standard InChI is InChI=1S/C16H15BrFN5/c1-10-5-11(2)23(22-10)16-9-19-8-15(21-16)20-7-12-6-13(18)3-4-14(12)17/h3-6,8-9H,7H2,1-2H3,(H,20,21). The quantitative estimate of drug-likeness (QED) is 0.753. The van der Waals surface area contributed by atoms with Gasteiger partial charge in [-0.3, -0.25) is 4.98 Å². The van der Waals surface area contributed by atoms with Crippen LogP contribution < -0.4 is 5.32 Å². The third kappa shape index (κ3) is 3.56. The molecule has 0 bridgehead atoms. The predicted molar refractivity (Wildman–Crippen MR) is 90.1 cm³/mol. The Balaban J connectivity index is 1.80. The lowest BCUT2D eigenvalue weighted by Crippen LogP contribution is -2.07. The highest BCUT2D eigenvalue weighted by atomic mass is 79.9. The van der Waals surface area contributed by atoms with Gasteiger partial charge >= 0.3 is 0 Å². The Morgan fingerprint density at radius 1 is 1.22 bits per heavy atom. The van der Waals surface area contributed by atoms with Crippen molar-refractivity contribution in [2.75, 3.05) is 5.32 Å². The van der Waals surface area contributed by atoms with Crippen LogP contribution in [0.2, 0.25) is 0 Å². The summed E-state index contributed by atoms with van der Waals surface area (Å²) in [5, 5.41) is 7.55. The molecule has 2 heterocycles. The summed E-state index contributed by atoms with van der Waals surface area (Å²) < 4.78 is 15.9. The average molecular weight is 376 g/mol. The van der Waals surface area contributed by atoms with Gasteiger partial charge in [0.2, 0.25) is 0 Å². The maximum Gasteiger partial charge on any atom is 0.174 e. The van der Waals surface area contributed by atoms with Gasteiger partial charge in [0.25, 0.3) is 0 Å². The first-order valence-electron chi connectivity index (χ1n) is 7.06. The number of benzene rings is 1. The highest BCUT2D eigenvalue weighted by Crippen LogP contribution is 2.19. The maximum atomic E-state index is 13.3. The SMILES string of the molecule is Cc1cc(C)n(-c2cncc(NCc3cc(F)ccc3Br)n2)n1. The van der Waals surface area contributed by atoms with Crippen LogP contribution in [0.15, 0.2) is 41.1 Å². The van der Waals surface area contributed by atoms with Crippen molar-refractivity contribution in [2.45, 2.75) is 20.4 Å². The summed E-state index contributed by atoms with van der Waals surface area (Å²) in [7, 11) is 0. The molecular formula is C16H15BrFN5. The lowest BCUT2D eigenvalue weighted by molar-refractivity contribution is 0.625. The van der Waals surface area contributed by atoms with E-state index in [0.717, 1.165) is 21.4 Å². The predicted octanol–water partition coefficient (Wildman–Crippen LogP) is 3.79. The van der Waals surface area contributed by atoms with Gasteiger partial charge in [-0.25, -0.2) is 14.1 Å². The number of aryl methyl sites for hydroxylation is 2. The third-order valence-corrected chi connectivity index (χ3v) is 4.09. The molecule has 7 heteroatoms. The number of nitrogens with one attached hydrogen (secondary N) is 1. The highest BCUT2D eigenvalue weighted by molar-refractivity contribution is 9.10. The molecule has 5 nitrogen and oxygen atoms in total. The molecule has 0 saturated carbocycles. The summed E-state index contributed by atoms with van der Waals surface area (Å²) >= 11 is 3.41. The van der Waals surface area contributed by atoms with Crippen molar-refractivity contribution in [3.63, 3.8) is 0 Å². The number of anilines is 1. The van der Waals surface area contributed by atoms with Gasteiger partial charge in [0, 0.05) is 16.7 Å². The molecule has 118 valence electrons. The smallest absolute Gasteiger partial charge is 0.174 e. The molecule has 0 saturated heterocycles. The molecule has 0 aliphatic heterocycles. The Kier molecular flexibility index (Phi) is 4.38. The highest BCUT2D eigenvalue weighted by Gasteiger charge is 2.07. The van der Waals surface area contributed by atoms with E-state index >= 15 is 0 Å². The topological polar surface area (TPSA) is 55.6 Å². The van der Waals surface area contributed by atoms with Crippen LogP contribution in [0.4, 0.5) is 10.2 Å². The lowest BCUT2D eigenvalue weighted by Gasteiger charge is -2.09. The largest absolute Gasteiger partial charge is 0.365 e. The molecule has 23 heavy (non-hydrogen) atoms. The normalized spacial score (nSPS) is 10.8. The summed E-state index contributed by atoms with van der Waals surface area (Å²) in [6, 6.07) is 6.56. The van der Waals surface area contributed by atoms with Crippen LogP contribution in [0.25, 0.3) is 5.82 Å². The third-order valence-electron chi connectivity index (χ3n) is 3.32. The number of hydrogen-bond acceptors (Lipinski definition) is 4. The first-order chi connectivity index (χ1) is 11.0. The monoisotopic (exact) mass is 375 g/mol. The molecule has 3 rings (SSSR count). The summed E-state index contributed by atoms with van der Waals surface area (Å²) in [4.78, 5) is 8.69. The molecule has 0 aliphatic carbocycles. The molecule has 0 unspecified atom stereocenters. The van der Waals surface area contributed by atoms with Gasteiger partial charge in [-0.05, 0) is 43.7 Å². The Bertz CT molecular complexity index is 846. The fraction of sp³-hybridized carbons (Fsp3) is 0.188. The summed E-state index contributed by atoms with van der Waals surface area (Å²) in [6.45, 7) is 4.33. The van der Waals surface area contributed by atoms with Crippen LogP contribution in [-0.4, -0.2) is 19.7 Å². The second kappa shape index (κ2) is 6.45. The fourth-order valence-corrected chi connectivity index (χ4v) is 2.66. The minimum Gasteiger partial charge on any atom is -0.365 e. The molecule has 1 N–H and O–H groups in total. The molecule has 1 aromatic carbocycles. The van der Waals surface area contributed by atoms with Crippen LogP contribution in [0, 0.1) is 19.7 Å². The van der Waals surface area contributed by atoms with Crippen molar-refractivity contribution >= 4 is 21.7 Å². The molecular weight excluding hydrogens is 361 g/mol. The van der Waals surface area contributed by atoms with E-state index in [1.54, 1.807) is 23.1 Å². The van der Waals surface area contributed by atoms with E-state index in [1.807, 2.05) is 19.9 Å². The van der Waals surface area contributed by atoms with Crippen LogP contribution in [0.1, 0.15) is 17.0 Å². The van der Waals surface area contributed by atoms with E-state index in [4.69, 9.17) is 0 Å². The summed E-state index contributed by atoms with van der Waals surface area (Å²) in [5.74, 6) is 0.970. The lowest BCUT2D eigenvalue weighted by atomic mass is 10.2. The van der Waals surface area contributed by atoms with Crippen molar-refractivity contribution in [2.24, 2.45) is 0 Å². The van der Waals surface area contributed by atoms with Crippen molar-refractivity contribution in [3.8, 4) is 5.82 Å². The zero-order chi connectivity index (χ0) is 16.4. The van der Waals surface area contributed by atoms with E-state index in [0.29, 0.717) is 18.2 Å². The molecule has 0 radical (unpaired) electrons. The second-order valence-electron chi connectivity index (χ2n) is 5.19. The first kappa shape index (κ1) is 15.6. The number of rotatable bonds is 4. The van der Waals surface area contributed by atoms with E-state index in [9.17, 15) is 4.39 Å². The van der Waals surface area contributed by atoms with Crippen molar-refractivity contribution in [3.05, 3.63) is 63.9 Å². The van der Waals surface area contributed by atoms with Gasteiger partial charge < -0.3 is 5.32 Å². The van der Waals surface area contributed by atoms with Gasteiger partial charge in [-0.1, -0.05) is 15.9 Å². The van der Waals surface area contributed by atoms with E-state index < -0.39 is 0 Å². The molecule has 0 amide bonds. The molecule has 0 aliphatic rings. The Hall–Kier alpha value is -2.28. The van der Waals surface area contributed by atoms with Gasteiger partial charge in [0.15, 0.2) is 5.82 Å². The number of aromatic nitrogens is 4. The van der Waals surface area contributed by atoms with Crippen molar-refractivity contribution in [1.29, 1.82) is 0 Å². The summed E-state index contributed by atoms with van der Waals surface area (Å²) in [6.07, 6.45) is 3.28. The van der Waals surface area contributed by atoms with Crippen molar-refractivity contribution in [1.82, 2.24) is 19.7 Å². The van der Waals surface area contributed by atoms with Gasteiger partial charge in [0.05, 0.1) is 18.1 Å². The zero-order valence-electron chi connectivity index (χ0n) is 12.7. The zero-order valence-corrected chi connectivity index (χ0v) is 14.3. The van der Waals surface area contributed by atoms with Crippen LogP contribution in [0.3, 0.4) is 0 Å². The van der Waals surface area contributed by atoms with Gasteiger partial charge in [0.1, 0.15) is 11.6 Å². The number of hydrogen-bond donors (Lipinski definition) is 1. The minimum atomic E-state index is -0.271. The van der Waals surface area contributed by atoms with Crippen molar-refractivity contribution < 1.29 is 4.39 Å². The average Bonchev–Trinajstić information content (AvgIpc) is 2.87. The molecule has 3 aromatic rings. The van der Waals surface area contributed by atoms with Crippen LogP contribution in [-0.2, 0) is 6.54 Å². The van der Waals surface area contributed by atoms with E-state index in [-0.39, 0.29) is 5.82 Å². The molecule has 0 fully saturated rings. The number of halogens is 2. The number of nitrogens with zero attached hydrogens (tertiary/aromatic N) is 4. The Morgan fingerprint density at radius 3 is 2.78 bits per heavy atom. The van der Waals surface area contributed by atoms with E-state index in [1.165, 1.54) is 12.1 Å². The van der Waals surface area contributed by atoms with Gasteiger partial charge in [-0.2, -0.15) is 5.10 Å². The molecule has 0 atom stereocenters.